The molecule has 0 aliphatic rings. The van der Waals surface area contributed by atoms with Crippen molar-refractivity contribution >= 4 is 29.9 Å². The van der Waals surface area contributed by atoms with Gasteiger partial charge in [-0.25, -0.2) is 0 Å². The molecule has 0 saturated heterocycles. The van der Waals surface area contributed by atoms with Gasteiger partial charge in [-0.15, -0.1) is 24.0 Å². The minimum absolute atomic E-state index is 0. The lowest BCUT2D eigenvalue weighted by Gasteiger charge is -2.19. The average molecular weight is 434 g/mol. The van der Waals surface area contributed by atoms with Gasteiger partial charge in [0.05, 0.1) is 19.2 Å². The van der Waals surface area contributed by atoms with Crippen molar-refractivity contribution in [1.82, 2.24) is 15.5 Å². The van der Waals surface area contributed by atoms with Gasteiger partial charge >= 0.3 is 0 Å². The molecule has 1 rings (SSSR count). The summed E-state index contributed by atoms with van der Waals surface area (Å²) in [6.07, 6.45) is 0. The summed E-state index contributed by atoms with van der Waals surface area (Å²) in [5, 5.41) is 6.74. The molecule has 0 heterocycles. The van der Waals surface area contributed by atoms with Crippen molar-refractivity contribution in [2.45, 2.75) is 19.9 Å². The standard InChI is InChI=1S/C17H30N4O.HI/c1-5-18-17(19-11-12-21(3)13-14-22-4)20-15(2)16-9-7-6-8-10-16;/h6-10,15H,5,11-14H2,1-4H3,(H2,18,19,20);1H. The van der Waals surface area contributed by atoms with E-state index in [0.717, 1.165) is 38.7 Å². The van der Waals surface area contributed by atoms with Crippen LogP contribution >= 0.6 is 24.0 Å². The lowest BCUT2D eigenvalue weighted by atomic mass is 10.1. The molecule has 0 radical (unpaired) electrons. The number of benzene rings is 1. The quantitative estimate of drug-likeness (QED) is 0.356. The molecular formula is C17H31IN4O. The van der Waals surface area contributed by atoms with Gasteiger partial charge in [-0.3, -0.25) is 4.99 Å². The van der Waals surface area contributed by atoms with Crippen molar-refractivity contribution in [3.05, 3.63) is 35.9 Å². The maximum atomic E-state index is 5.08. The normalized spacial score (nSPS) is 12.7. The molecule has 0 aromatic heterocycles. The van der Waals surface area contributed by atoms with Crippen molar-refractivity contribution in [2.24, 2.45) is 4.99 Å². The molecule has 2 N–H and O–H groups in total. The zero-order valence-electron chi connectivity index (χ0n) is 14.7. The summed E-state index contributed by atoms with van der Waals surface area (Å²) < 4.78 is 5.08. The number of nitrogens with one attached hydrogen (secondary N) is 2. The fourth-order valence-electron chi connectivity index (χ4n) is 2.04. The van der Waals surface area contributed by atoms with E-state index in [2.05, 4.69) is 65.7 Å². The first-order valence-corrected chi connectivity index (χ1v) is 7.94. The Bertz CT molecular complexity index is 428. The Morgan fingerprint density at radius 2 is 1.96 bits per heavy atom. The summed E-state index contributed by atoms with van der Waals surface area (Å²) in [6, 6.07) is 10.6. The van der Waals surface area contributed by atoms with E-state index in [4.69, 9.17) is 4.74 Å². The van der Waals surface area contributed by atoms with Gasteiger partial charge in [0.1, 0.15) is 0 Å². The van der Waals surface area contributed by atoms with Gasteiger partial charge in [-0.05, 0) is 26.5 Å². The van der Waals surface area contributed by atoms with Gasteiger partial charge in [0.2, 0.25) is 0 Å². The molecule has 0 aliphatic heterocycles. The van der Waals surface area contributed by atoms with Crippen LogP contribution in [-0.4, -0.2) is 57.8 Å². The summed E-state index contributed by atoms with van der Waals surface area (Å²) in [6.45, 7) is 8.44. The molecule has 1 aromatic rings. The van der Waals surface area contributed by atoms with Crippen LogP contribution in [0.3, 0.4) is 0 Å². The molecule has 132 valence electrons. The Kier molecular flexibility index (Phi) is 13.1. The molecule has 1 unspecified atom stereocenters. The molecule has 0 spiro atoms. The Morgan fingerprint density at radius 3 is 2.57 bits per heavy atom. The van der Waals surface area contributed by atoms with Crippen LogP contribution in [0.2, 0.25) is 0 Å². The fraction of sp³-hybridized carbons (Fsp3) is 0.588. The SMILES string of the molecule is CCNC(=NCCN(C)CCOC)NC(C)c1ccccc1.I. The van der Waals surface area contributed by atoms with Crippen molar-refractivity contribution in [2.75, 3.05) is 46.9 Å². The lowest BCUT2D eigenvalue weighted by Crippen LogP contribution is -2.39. The fourth-order valence-corrected chi connectivity index (χ4v) is 2.04. The highest BCUT2D eigenvalue weighted by atomic mass is 127. The molecule has 23 heavy (non-hydrogen) atoms. The molecule has 0 aliphatic carbocycles. The van der Waals surface area contributed by atoms with Crippen molar-refractivity contribution < 1.29 is 4.74 Å². The molecule has 1 aromatic carbocycles. The second-order valence-electron chi connectivity index (χ2n) is 5.33. The molecular weight excluding hydrogens is 403 g/mol. The highest BCUT2D eigenvalue weighted by molar-refractivity contribution is 14.0. The summed E-state index contributed by atoms with van der Waals surface area (Å²) >= 11 is 0. The second-order valence-corrected chi connectivity index (χ2v) is 5.33. The minimum Gasteiger partial charge on any atom is -0.383 e. The molecule has 0 fully saturated rings. The van der Waals surface area contributed by atoms with Crippen molar-refractivity contribution in [3.63, 3.8) is 0 Å². The highest BCUT2D eigenvalue weighted by Gasteiger charge is 2.07. The first-order valence-electron chi connectivity index (χ1n) is 7.94. The summed E-state index contributed by atoms with van der Waals surface area (Å²) in [5.41, 5.74) is 1.25. The molecule has 0 saturated carbocycles. The Hall–Kier alpha value is -0.860. The number of likely N-dealkylation sites (N-methyl/N-ethyl adjacent to an activating group) is 1. The van der Waals surface area contributed by atoms with Crippen LogP contribution in [0.4, 0.5) is 0 Å². The number of aliphatic imine (C=N–C) groups is 1. The third-order valence-electron chi connectivity index (χ3n) is 3.43. The summed E-state index contributed by atoms with van der Waals surface area (Å²) in [7, 11) is 3.81. The summed E-state index contributed by atoms with van der Waals surface area (Å²) in [5.74, 6) is 0.860. The van der Waals surface area contributed by atoms with E-state index in [-0.39, 0.29) is 30.0 Å². The smallest absolute Gasteiger partial charge is 0.191 e. The number of ether oxygens (including phenoxy) is 1. The molecule has 6 heteroatoms. The number of methoxy groups -OCH3 is 1. The van der Waals surface area contributed by atoms with Gasteiger partial charge in [-0.1, -0.05) is 30.3 Å². The number of hydrogen-bond acceptors (Lipinski definition) is 3. The number of nitrogens with zero attached hydrogens (tertiary/aromatic N) is 2. The lowest BCUT2D eigenvalue weighted by molar-refractivity contribution is 0.163. The van der Waals surface area contributed by atoms with Crippen molar-refractivity contribution in [1.29, 1.82) is 0 Å². The van der Waals surface area contributed by atoms with E-state index >= 15 is 0 Å². The first kappa shape index (κ1) is 22.1. The van der Waals surface area contributed by atoms with E-state index in [1.807, 2.05) is 6.07 Å². The summed E-state index contributed by atoms with van der Waals surface area (Å²) in [4.78, 5) is 6.86. The van der Waals surface area contributed by atoms with Crippen LogP contribution in [0.15, 0.2) is 35.3 Å². The van der Waals surface area contributed by atoms with Gasteiger partial charge in [0.25, 0.3) is 0 Å². The largest absolute Gasteiger partial charge is 0.383 e. The minimum atomic E-state index is 0. The monoisotopic (exact) mass is 434 g/mol. The maximum Gasteiger partial charge on any atom is 0.191 e. The van der Waals surface area contributed by atoms with E-state index < -0.39 is 0 Å². The molecule has 5 nitrogen and oxygen atoms in total. The Balaban J connectivity index is 0.00000484. The topological polar surface area (TPSA) is 48.9 Å². The predicted molar refractivity (Wildman–Crippen MR) is 109 cm³/mol. The van der Waals surface area contributed by atoms with Crippen LogP contribution < -0.4 is 10.6 Å². The van der Waals surface area contributed by atoms with E-state index in [1.165, 1.54) is 5.56 Å². The number of guanidine groups is 1. The zero-order chi connectivity index (χ0) is 16.2. The van der Waals surface area contributed by atoms with E-state index in [1.54, 1.807) is 7.11 Å². The second kappa shape index (κ2) is 13.6. The zero-order valence-corrected chi connectivity index (χ0v) is 17.0. The van der Waals surface area contributed by atoms with E-state index in [9.17, 15) is 0 Å². The van der Waals surface area contributed by atoms with Crippen LogP contribution in [0.1, 0.15) is 25.5 Å². The third-order valence-corrected chi connectivity index (χ3v) is 3.43. The van der Waals surface area contributed by atoms with Crippen LogP contribution in [0.5, 0.6) is 0 Å². The Labute approximate surface area is 157 Å². The molecule has 1 atom stereocenters. The number of rotatable bonds is 9. The van der Waals surface area contributed by atoms with Crippen LogP contribution in [0.25, 0.3) is 0 Å². The Morgan fingerprint density at radius 1 is 1.26 bits per heavy atom. The number of halogens is 1. The van der Waals surface area contributed by atoms with Gasteiger partial charge < -0.3 is 20.3 Å². The predicted octanol–water partition coefficient (Wildman–Crippen LogP) is 2.50. The third kappa shape index (κ3) is 9.78. The maximum absolute atomic E-state index is 5.08. The van der Waals surface area contributed by atoms with Crippen molar-refractivity contribution in [3.8, 4) is 0 Å². The van der Waals surface area contributed by atoms with E-state index in [0.29, 0.717) is 0 Å². The van der Waals surface area contributed by atoms with Gasteiger partial charge in [0.15, 0.2) is 5.96 Å². The van der Waals surface area contributed by atoms with Crippen LogP contribution in [-0.2, 0) is 4.74 Å². The molecule has 0 amide bonds. The average Bonchev–Trinajstić information content (AvgIpc) is 2.53. The molecule has 0 bridgehead atoms. The highest BCUT2D eigenvalue weighted by Crippen LogP contribution is 2.10. The van der Waals surface area contributed by atoms with Gasteiger partial charge in [-0.2, -0.15) is 0 Å². The first-order chi connectivity index (χ1) is 10.7. The van der Waals surface area contributed by atoms with Crippen LogP contribution in [0, 0.1) is 0 Å². The van der Waals surface area contributed by atoms with Gasteiger partial charge in [0, 0.05) is 26.7 Å². The number of hydrogen-bond donors (Lipinski definition) is 2.